The zero-order chi connectivity index (χ0) is 26.0. The van der Waals surface area contributed by atoms with Gasteiger partial charge in [-0.15, -0.1) is 0 Å². The molecule has 2 atom stereocenters. The van der Waals surface area contributed by atoms with Gasteiger partial charge in [0.05, 0.1) is 12.2 Å². The maximum atomic E-state index is 15.7. The average Bonchev–Trinajstić information content (AvgIpc) is 2.91. The monoisotopic (exact) mass is 498 g/mol. The van der Waals surface area contributed by atoms with E-state index >= 15 is 4.39 Å². The Labute approximate surface area is 214 Å². The van der Waals surface area contributed by atoms with Crippen molar-refractivity contribution in [3.8, 4) is 11.5 Å². The molecule has 0 aliphatic heterocycles. The van der Waals surface area contributed by atoms with Crippen molar-refractivity contribution in [2.24, 2.45) is 11.8 Å². The Bertz CT molecular complexity index is 966. The van der Waals surface area contributed by atoms with Crippen molar-refractivity contribution in [3.63, 3.8) is 0 Å². The van der Waals surface area contributed by atoms with E-state index in [1.807, 2.05) is 26.0 Å². The Morgan fingerprint density at radius 3 is 2.22 bits per heavy atom. The van der Waals surface area contributed by atoms with Crippen LogP contribution in [0.15, 0.2) is 48.5 Å². The Hall–Kier alpha value is -2.89. The lowest BCUT2D eigenvalue weighted by Crippen LogP contribution is -2.44. The molecule has 0 amide bonds. The maximum absolute atomic E-state index is 15.7. The molecule has 1 aliphatic carbocycles. The van der Waals surface area contributed by atoms with Crippen molar-refractivity contribution in [1.82, 2.24) is 0 Å². The molecular formula is C30H39FO5. The first-order valence-corrected chi connectivity index (χ1v) is 13.3. The van der Waals surface area contributed by atoms with Crippen LogP contribution in [0.5, 0.6) is 11.5 Å². The van der Waals surface area contributed by atoms with E-state index in [9.17, 15) is 14.7 Å². The van der Waals surface area contributed by atoms with Gasteiger partial charge in [-0.05, 0) is 86.4 Å². The summed E-state index contributed by atoms with van der Waals surface area (Å²) >= 11 is 0. The fourth-order valence-electron chi connectivity index (χ4n) is 5.03. The van der Waals surface area contributed by atoms with Crippen molar-refractivity contribution < 1.29 is 28.6 Å². The molecular weight excluding hydrogens is 459 g/mol. The first kappa shape index (κ1) is 27.7. The molecule has 0 spiro atoms. The molecule has 1 unspecified atom stereocenters. The van der Waals surface area contributed by atoms with Crippen molar-refractivity contribution in [2.45, 2.75) is 83.7 Å². The van der Waals surface area contributed by atoms with Crippen LogP contribution in [0.25, 0.3) is 0 Å². The predicted molar refractivity (Wildman–Crippen MR) is 138 cm³/mol. The van der Waals surface area contributed by atoms with Gasteiger partial charge in [0.1, 0.15) is 11.5 Å². The Morgan fingerprint density at radius 2 is 1.64 bits per heavy atom. The maximum Gasteiger partial charge on any atom is 0.343 e. The van der Waals surface area contributed by atoms with E-state index < -0.39 is 17.6 Å². The van der Waals surface area contributed by atoms with Crippen LogP contribution in [0.4, 0.5) is 4.39 Å². The van der Waals surface area contributed by atoms with Crippen molar-refractivity contribution in [1.29, 1.82) is 0 Å². The fourth-order valence-corrected chi connectivity index (χ4v) is 5.03. The number of alkyl halides is 1. The predicted octanol–water partition coefficient (Wildman–Crippen LogP) is 7.42. The Morgan fingerprint density at radius 1 is 1.00 bits per heavy atom. The van der Waals surface area contributed by atoms with Gasteiger partial charge in [-0.2, -0.15) is 0 Å². The number of rotatable bonds is 13. The number of carbonyl (C=O) groups is 2. The number of halogens is 1. The highest BCUT2D eigenvalue weighted by atomic mass is 19.1. The fraction of sp³-hybridized carbons (Fsp3) is 0.533. The summed E-state index contributed by atoms with van der Waals surface area (Å²) in [6.07, 6.45) is 7.37. The Kier molecular flexibility index (Phi) is 10.3. The van der Waals surface area contributed by atoms with Gasteiger partial charge < -0.3 is 14.6 Å². The summed E-state index contributed by atoms with van der Waals surface area (Å²) in [4.78, 5) is 24.4. The largest absolute Gasteiger partial charge is 0.494 e. The lowest BCUT2D eigenvalue weighted by atomic mass is 9.73. The van der Waals surface area contributed by atoms with Crippen molar-refractivity contribution in [3.05, 3.63) is 59.7 Å². The molecule has 6 heteroatoms. The normalized spacial score (nSPS) is 16.6. The molecule has 0 heterocycles. The van der Waals surface area contributed by atoms with Gasteiger partial charge in [-0.1, -0.05) is 51.7 Å². The topological polar surface area (TPSA) is 72.8 Å². The summed E-state index contributed by atoms with van der Waals surface area (Å²) in [5, 5.41) is 9.72. The summed E-state index contributed by atoms with van der Waals surface area (Å²) in [6, 6.07) is 14.2. The molecule has 0 aromatic heterocycles. The molecule has 3 rings (SSSR count). The third-order valence-electron chi connectivity index (χ3n) is 7.31. The third-order valence-corrected chi connectivity index (χ3v) is 7.31. The van der Waals surface area contributed by atoms with Gasteiger partial charge in [-0.25, -0.2) is 14.0 Å². The van der Waals surface area contributed by atoms with Gasteiger partial charge >= 0.3 is 11.9 Å². The van der Waals surface area contributed by atoms with Crippen LogP contribution in [0.1, 0.15) is 87.6 Å². The van der Waals surface area contributed by atoms with E-state index in [0.717, 1.165) is 43.4 Å². The number of ether oxygens (including phenoxy) is 2. The van der Waals surface area contributed by atoms with Gasteiger partial charge in [0, 0.05) is 5.92 Å². The third kappa shape index (κ3) is 7.55. The highest BCUT2D eigenvalue weighted by Gasteiger charge is 2.47. The lowest BCUT2D eigenvalue weighted by molar-refractivity contribution is -0.158. The smallest absolute Gasteiger partial charge is 0.343 e. The highest BCUT2D eigenvalue weighted by molar-refractivity contribution is 5.91. The second-order valence-electron chi connectivity index (χ2n) is 9.93. The number of carboxylic acids is 1. The molecule has 1 aliphatic rings. The highest BCUT2D eigenvalue weighted by Crippen LogP contribution is 2.41. The number of carboxylic acid groups (broad SMARTS) is 1. The van der Waals surface area contributed by atoms with Crippen molar-refractivity contribution in [2.75, 3.05) is 6.61 Å². The zero-order valence-electron chi connectivity index (χ0n) is 21.5. The van der Waals surface area contributed by atoms with Crippen LogP contribution in [-0.4, -0.2) is 29.3 Å². The molecule has 5 nitrogen and oxygen atoms in total. The van der Waals surface area contributed by atoms with E-state index in [1.165, 1.54) is 0 Å². The molecule has 0 bridgehead atoms. The summed E-state index contributed by atoms with van der Waals surface area (Å²) in [5.74, 6) is -0.960. The lowest BCUT2D eigenvalue weighted by Gasteiger charge is -2.35. The molecule has 2 aromatic rings. The molecule has 196 valence electrons. The minimum atomic E-state index is -2.14. The summed E-state index contributed by atoms with van der Waals surface area (Å²) in [7, 11) is 0. The number of hydrogen-bond acceptors (Lipinski definition) is 4. The van der Waals surface area contributed by atoms with Gasteiger partial charge in [0.15, 0.2) is 0 Å². The molecule has 1 saturated carbocycles. The minimum absolute atomic E-state index is 0.00481. The van der Waals surface area contributed by atoms with Crippen LogP contribution in [-0.2, 0) is 11.2 Å². The second kappa shape index (κ2) is 13.4. The average molecular weight is 499 g/mol. The van der Waals surface area contributed by atoms with E-state index in [-0.39, 0.29) is 18.3 Å². The van der Waals surface area contributed by atoms with Gasteiger partial charge in [-0.3, -0.25) is 0 Å². The number of benzene rings is 2. The quantitative estimate of drug-likeness (QED) is 0.230. The first-order chi connectivity index (χ1) is 17.4. The van der Waals surface area contributed by atoms with Crippen LogP contribution in [0, 0.1) is 11.8 Å². The van der Waals surface area contributed by atoms with Crippen LogP contribution in [0.2, 0.25) is 0 Å². The minimum Gasteiger partial charge on any atom is -0.494 e. The van der Waals surface area contributed by atoms with Crippen molar-refractivity contribution >= 4 is 11.9 Å². The van der Waals surface area contributed by atoms with Gasteiger partial charge in [0.2, 0.25) is 5.67 Å². The molecule has 1 fully saturated rings. The Balaban J connectivity index is 1.53. The van der Waals surface area contributed by atoms with Crippen LogP contribution in [0.3, 0.4) is 0 Å². The number of esters is 1. The number of aryl methyl sites for hydroxylation is 1. The second-order valence-corrected chi connectivity index (χ2v) is 9.93. The standard InChI is InChI=1S/C30H39FO5/c1-3-20-35-26-18-14-24(15-19-26)28(32)36-27-16-12-23(13-17-27)11-10-22(4-2)21-30(31,29(33)34)25-8-6-5-7-9-25/h12-19,22,25H,3-11,20-21H2,1-2H3,(H,33,34)/t22?,30-/m0/s1. The SMILES string of the molecule is CCCOc1ccc(C(=O)Oc2ccc(CCC(CC)C[C@@](F)(C(=O)O)C3CCCCC3)cc2)cc1. The molecule has 2 aromatic carbocycles. The number of hydrogen-bond donors (Lipinski definition) is 1. The van der Waals surface area contributed by atoms with E-state index in [1.54, 1.807) is 36.4 Å². The molecule has 36 heavy (non-hydrogen) atoms. The number of carbonyl (C=O) groups excluding carboxylic acids is 1. The van der Waals surface area contributed by atoms with Crippen LogP contribution < -0.4 is 9.47 Å². The first-order valence-electron chi connectivity index (χ1n) is 13.3. The van der Waals surface area contributed by atoms with E-state index in [2.05, 4.69) is 0 Å². The molecule has 0 radical (unpaired) electrons. The molecule has 0 saturated heterocycles. The van der Waals surface area contributed by atoms with Gasteiger partial charge in [0.25, 0.3) is 0 Å². The summed E-state index contributed by atoms with van der Waals surface area (Å²) in [5.41, 5.74) is -0.651. The number of aliphatic carboxylic acids is 1. The van der Waals surface area contributed by atoms with E-state index in [4.69, 9.17) is 9.47 Å². The van der Waals surface area contributed by atoms with Crippen LogP contribution >= 0.6 is 0 Å². The zero-order valence-corrected chi connectivity index (χ0v) is 21.5. The van der Waals surface area contributed by atoms with E-state index in [0.29, 0.717) is 43.6 Å². The summed E-state index contributed by atoms with van der Waals surface area (Å²) in [6.45, 7) is 4.66. The summed E-state index contributed by atoms with van der Waals surface area (Å²) < 4.78 is 26.7. The molecule has 1 N–H and O–H groups in total.